The molecular weight excluding hydrogens is 803 g/mol. The highest BCUT2D eigenvalue weighted by Gasteiger charge is 2.15. The Morgan fingerprint density at radius 3 is 1.41 bits per heavy atom. The van der Waals surface area contributed by atoms with Crippen LogP contribution in [-0.4, -0.2) is 15.0 Å². The molecule has 0 spiro atoms. The predicted molar refractivity (Wildman–Crippen MR) is 269 cm³/mol. The Morgan fingerprint density at radius 2 is 0.758 bits per heavy atom. The van der Waals surface area contributed by atoms with Gasteiger partial charge in [0.25, 0.3) is 0 Å². The maximum absolute atomic E-state index is 10.4. The molecule has 0 saturated carbocycles. The molecule has 0 radical (unpaired) electrons. The summed E-state index contributed by atoms with van der Waals surface area (Å²) in [5, 5.41) is 15.3. The van der Waals surface area contributed by atoms with Gasteiger partial charge in [-0.3, -0.25) is 0 Å². The fraction of sp³-hybridized carbons (Fsp3) is 0. The molecule has 0 aliphatic carbocycles. The Kier molecular flexibility index (Phi) is 10.3. The molecule has 66 heavy (non-hydrogen) atoms. The molecule has 306 valence electrons. The van der Waals surface area contributed by atoms with Crippen molar-refractivity contribution in [2.24, 2.45) is 0 Å². The first-order valence-electron chi connectivity index (χ1n) is 21.7. The van der Waals surface area contributed by atoms with Gasteiger partial charge in [0.15, 0.2) is 23.2 Å². The van der Waals surface area contributed by atoms with Gasteiger partial charge in [-0.2, -0.15) is 5.26 Å². The van der Waals surface area contributed by atoms with Crippen LogP contribution in [0.15, 0.2) is 224 Å². The highest BCUT2D eigenvalue weighted by molar-refractivity contribution is 6.08. The zero-order chi connectivity index (χ0) is 44.4. The van der Waals surface area contributed by atoms with Gasteiger partial charge in [0, 0.05) is 22.3 Å². The summed E-state index contributed by atoms with van der Waals surface area (Å²) in [7, 11) is 0. The lowest BCUT2D eigenvalue weighted by Gasteiger charge is -2.13. The summed E-state index contributed by atoms with van der Waals surface area (Å²) in [6.07, 6.45) is 0. The second-order valence-electron chi connectivity index (χ2n) is 16.2. The van der Waals surface area contributed by atoms with Crippen molar-refractivity contribution < 1.29 is 0 Å². The van der Waals surface area contributed by atoms with Gasteiger partial charge in [-0.05, 0) is 108 Å². The third kappa shape index (κ3) is 7.75. The van der Waals surface area contributed by atoms with E-state index in [0.717, 1.165) is 66.8 Å². The van der Waals surface area contributed by atoms with Gasteiger partial charge in [0.05, 0.1) is 18.2 Å². The fourth-order valence-electron chi connectivity index (χ4n) is 8.71. The van der Waals surface area contributed by atoms with E-state index in [4.69, 9.17) is 21.5 Å². The topological polar surface area (TPSA) is 66.8 Å². The van der Waals surface area contributed by atoms with Gasteiger partial charge in [0.1, 0.15) is 0 Å². The van der Waals surface area contributed by atoms with Crippen molar-refractivity contribution in [3.05, 3.63) is 241 Å². The van der Waals surface area contributed by atoms with E-state index in [2.05, 4.69) is 144 Å². The number of hydrogen-bond donors (Lipinski definition) is 0. The summed E-state index contributed by atoms with van der Waals surface area (Å²) >= 11 is 0. The molecule has 0 aliphatic heterocycles. The minimum absolute atomic E-state index is 0.556. The van der Waals surface area contributed by atoms with Crippen LogP contribution in [0.1, 0.15) is 5.56 Å². The average Bonchev–Trinajstić information content (AvgIpc) is 3.40. The highest BCUT2D eigenvalue weighted by atomic mass is 15.0. The van der Waals surface area contributed by atoms with Crippen molar-refractivity contribution in [1.29, 1.82) is 5.26 Å². The van der Waals surface area contributed by atoms with Crippen molar-refractivity contribution in [3.63, 3.8) is 0 Å². The molecule has 0 atom stereocenters. The van der Waals surface area contributed by atoms with Gasteiger partial charge in [0.2, 0.25) is 0 Å². The molecule has 0 amide bonds. The van der Waals surface area contributed by atoms with Crippen LogP contribution in [0.25, 0.3) is 116 Å². The minimum atomic E-state index is 0.556. The summed E-state index contributed by atoms with van der Waals surface area (Å²) in [6, 6.07) is 79.2. The normalized spacial score (nSPS) is 11.0. The van der Waals surface area contributed by atoms with Crippen molar-refractivity contribution in [1.82, 2.24) is 15.0 Å². The first-order chi connectivity index (χ1) is 32.6. The monoisotopic (exact) mass is 839 g/mol. The lowest BCUT2D eigenvalue weighted by atomic mass is 9.91. The standard InChI is InChI=1S/C61H37N5/c1-63-55-32-30-41(31-33-55)40-20-25-45(26-21-40)60-64-59(44-11-3-2-4-12-44)65-61(66-60)53-18-9-16-49(36-53)50-28-29-54(39-62)57(37-50)52-17-8-15-48(35-52)46-13-7-14-47(34-46)51-27-24-43-23-22-42-10-5-6-19-56(42)58(43)38-51/h2-38H. The highest BCUT2D eigenvalue weighted by Crippen LogP contribution is 2.36. The Morgan fingerprint density at radius 1 is 0.333 bits per heavy atom. The summed E-state index contributed by atoms with van der Waals surface area (Å²) in [5.74, 6) is 1.70. The van der Waals surface area contributed by atoms with E-state index >= 15 is 0 Å². The summed E-state index contributed by atoms with van der Waals surface area (Å²) in [5.41, 5.74) is 14.1. The second kappa shape index (κ2) is 17.1. The first-order valence-corrected chi connectivity index (χ1v) is 21.7. The molecule has 11 aromatic rings. The van der Waals surface area contributed by atoms with Crippen molar-refractivity contribution in [2.75, 3.05) is 0 Å². The van der Waals surface area contributed by atoms with E-state index in [0.29, 0.717) is 28.7 Å². The lowest BCUT2D eigenvalue weighted by Crippen LogP contribution is -2.00. The molecule has 0 unspecified atom stereocenters. The molecular formula is C61H37N5. The van der Waals surface area contributed by atoms with Gasteiger partial charge < -0.3 is 0 Å². The summed E-state index contributed by atoms with van der Waals surface area (Å²) in [6.45, 7) is 7.29. The molecule has 0 saturated heterocycles. The van der Waals surface area contributed by atoms with Crippen LogP contribution in [0.5, 0.6) is 0 Å². The maximum atomic E-state index is 10.4. The largest absolute Gasteiger partial charge is 0.238 e. The number of benzene rings is 10. The molecule has 0 aliphatic rings. The fourth-order valence-corrected chi connectivity index (χ4v) is 8.71. The molecule has 0 fully saturated rings. The number of aromatic nitrogens is 3. The summed E-state index contributed by atoms with van der Waals surface area (Å²) in [4.78, 5) is 18.5. The van der Waals surface area contributed by atoms with Crippen molar-refractivity contribution in [2.45, 2.75) is 0 Å². The third-order valence-corrected chi connectivity index (χ3v) is 12.2. The van der Waals surface area contributed by atoms with E-state index in [1.54, 1.807) is 0 Å². The van der Waals surface area contributed by atoms with E-state index in [1.807, 2.05) is 91.0 Å². The van der Waals surface area contributed by atoms with Gasteiger partial charge in [-0.15, -0.1) is 0 Å². The number of nitrogens with zero attached hydrogens (tertiary/aromatic N) is 5. The Labute approximate surface area is 383 Å². The molecule has 0 bridgehead atoms. The van der Waals surface area contributed by atoms with Crippen LogP contribution in [0.4, 0.5) is 5.69 Å². The predicted octanol–water partition coefficient (Wildman–Crippen LogP) is 15.9. The molecule has 11 rings (SSSR count). The van der Waals surface area contributed by atoms with Crippen LogP contribution in [0.2, 0.25) is 0 Å². The van der Waals surface area contributed by atoms with Gasteiger partial charge in [-0.25, -0.2) is 19.8 Å². The van der Waals surface area contributed by atoms with Crippen LogP contribution in [-0.2, 0) is 0 Å². The zero-order valence-electron chi connectivity index (χ0n) is 35.6. The molecule has 10 aromatic carbocycles. The second-order valence-corrected chi connectivity index (χ2v) is 16.2. The summed E-state index contributed by atoms with van der Waals surface area (Å²) < 4.78 is 0. The van der Waals surface area contributed by atoms with Gasteiger partial charge in [-0.1, -0.05) is 188 Å². The maximum Gasteiger partial charge on any atom is 0.187 e. The first kappa shape index (κ1) is 39.5. The van der Waals surface area contributed by atoms with Crippen LogP contribution >= 0.6 is 0 Å². The number of fused-ring (bicyclic) bond motifs is 3. The average molecular weight is 840 g/mol. The molecule has 5 nitrogen and oxygen atoms in total. The van der Waals surface area contributed by atoms with E-state index in [1.165, 1.54) is 27.1 Å². The number of hydrogen-bond acceptors (Lipinski definition) is 4. The van der Waals surface area contributed by atoms with Crippen LogP contribution < -0.4 is 0 Å². The Hall–Kier alpha value is -9.29. The van der Waals surface area contributed by atoms with Gasteiger partial charge >= 0.3 is 0 Å². The van der Waals surface area contributed by atoms with E-state index in [9.17, 15) is 5.26 Å². The smallest absolute Gasteiger partial charge is 0.187 e. The lowest BCUT2D eigenvalue weighted by molar-refractivity contribution is 1.07. The van der Waals surface area contributed by atoms with Crippen LogP contribution in [0, 0.1) is 17.9 Å². The number of rotatable bonds is 8. The zero-order valence-corrected chi connectivity index (χ0v) is 35.6. The third-order valence-electron chi connectivity index (χ3n) is 12.2. The van der Waals surface area contributed by atoms with Crippen molar-refractivity contribution >= 4 is 27.2 Å². The van der Waals surface area contributed by atoms with E-state index < -0.39 is 0 Å². The quantitative estimate of drug-likeness (QED) is 0.113. The van der Waals surface area contributed by atoms with Crippen molar-refractivity contribution in [3.8, 4) is 95.9 Å². The van der Waals surface area contributed by atoms with Crippen LogP contribution in [0.3, 0.4) is 0 Å². The minimum Gasteiger partial charge on any atom is -0.238 e. The SMILES string of the molecule is [C-]#[N+]c1ccc(-c2ccc(-c3nc(-c4ccccc4)nc(-c4cccc(-c5ccc(C#N)c(-c6cccc(-c7cccc(-c8ccc9ccc%10ccccc%10c9c8)c7)c6)c5)c4)n3)cc2)cc1. The van der Waals surface area contributed by atoms with E-state index in [-0.39, 0.29) is 0 Å². The molecule has 1 heterocycles. The number of nitriles is 1. The molecule has 5 heteroatoms. The molecule has 0 N–H and O–H groups in total. The Balaban J connectivity index is 0.926. The Bertz CT molecular complexity index is 3710. The molecule has 1 aromatic heterocycles.